The van der Waals surface area contributed by atoms with Gasteiger partial charge >= 0.3 is 12.0 Å². The summed E-state index contributed by atoms with van der Waals surface area (Å²) in [5, 5.41) is 14.0. The van der Waals surface area contributed by atoms with Gasteiger partial charge in [0.25, 0.3) is 0 Å². The topological polar surface area (TPSA) is 112 Å². The molecule has 26 heavy (non-hydrogen) atoms. The molecular formula is C18H22N4O4. The Balaban J connectivity index is 1.78. The van der Waals surface area contributed by atoms with Crippen molar-refractivity contribution in [2.75, 3.05) is 24.6 Å². The number of nitrogens with zero attached hydrogens (tertiary/aromatic N) is 2. The van der Waals surface area contributed by atoms with Crippen LogP contribution in [0.5, 0.6) is 0 Å². The third kappa shape index (κ3) is 5.21. The van der Waals surface area contributed by atoms with E-state index in [1.54, 1.807) is 29.2 Å². The summed E-state index contributed by atoms with van der Waals surface area (Å²) in [5.41, 5.74) is 1.21. The quantitative estimate of drug-likeness (QED) is 0.714. The van der Waals surface area contributed by atoms with Crippen LogP contribution in [0.4, 0.5) is 10.5 Å². The van der Waals surface area contributed by atoms with Crippen LogP contribution in [0.1, 0.15) is 31.7 Å². The predicted molar refractivity (Wildman–Crippen MR) is 94.3 cm³/mol. The van der Waals surface area contributed by atoms with E-state index in [1.807, 2.05) is 13.0 Å². The molecule has 138 valence electrons. The van der Waals surface area contributed by atoms with Crippen molar-refractivity contribution in [3.8, 4) is 6.07 Å². The molecule has 1 atom stereocenters. The largest absolute Gasteiger partial charge is 0.466 e. The van der Waals surface area contributed by atoms with E-state index in [2.05, 4.69) is 10.6 Å². The van der Waals surface area contributed by atoms with Crippen molar-refractivity contribution in [3.63, 3.8) is 0 Å². The number of benzene rings is 1. The molecule has 3 amide bonds. The number of nitriles is 1. The molecule has 1 saturated heterocycles. The van der Waals surface area contributed by atoms with E-state index in [1.165, 1.54) is 0 Å². The van der Waals surface area contributed by atoms with Gasteiger partial charge in [-0.05, 0) is 37.1 Å². The van der Waals surface area contributed by atoms with Crippen molar-refractivity contribution in [3.05, 3.63) is 29.8 Å². The minimum atomic E-state index is -0.613. The van der Waals surface area contributed by atoms with Crippen molar-refractivity contribution in [1.29, 1.82) is 5.26 Å². The van der Waals surface area contributed by atoms with Gasteiger partial charge in [0.2, 0.25) is 5.91 Å². The third-order valence-electron chi connectivity index (χ3n) is 3.90. The second kappa shape index (κ2) is 9.42. The van der Waals surface area contributed by atoms with Gasteiger partial charge in [-0.25, -0.2) is 4.79 Å². The molecule has 1 heterocycles. The Morgan fingerprint density at radius 2 is 2.08 bits per heavy atom. The molecule has 1 aliphatic heterocycles. The first-order valence-electron chi connectivity index (χ1n) is 8.56. The maximum absolute atomic E-state index is 12.4. The lowest BCUT2D eigenvalue weighted by Gasteiger charge is -2.17. The molecule has 1 aromatic carbocycles. The molecular weight excluding hydrogens is 336 g/mol. The number of anilines is 1. The number of nitrogens with one attached hydrogen (secondary N) is 2. The Labute approximate surface area is 152 Å². The highest BCUT2D eigenvalue weighted by atomic mass is 16.5. The Hall–Kier alpha value is -3.08. The zero-order chi connectivity index (χ0) is 18.9. The van der Waals surface area contributed by atoms with Gasteiger partial charge in [-0.3, -0.25) is 9.59 Å². The lowest BCUT2D eigenvalue weighted by Crippen LogP contribution is -2.46. The Bertz CT molecular complexity index is 696. The molecule has 0 radical (unpaired) electrons. The van der Waals surface area contributed by atoms with Gasteiger partial charge in [-0.15, -0.1) is 0 Å². The second-order valence-corrected chi connectivity index (χ2v) is 5.86. The number of rotatable bonds is 7. The van der Waals surface area contributed by atoms with Crippen LogP contribution < -0.4 is 15.5 Å². The van der Waals surface area contributed by atoms with E-state index in [9.17, 15) is 14.4 Å². The SMILES string of the molecule is CCCOC(=O)CCNC(=O)N[C@H]1CCN(c2ccc(C#N)cc2)C1=O. The van der Waals surface area contributed by atoms with Crippen molar-refractivity contribution >= 4 is 23.6 Å². The number of esters is 1. The zero-order valence-electron chi connectivity index (χ0n) is 14.7. The lowest BCUT2D eigenvalue weighted by atomic mass is 10.2. The fourth-order valence-corrected chi connectivity index (χ4v) is 2.56. The minimum absolute atomic E-state index is 0.0867. The van der Waals surface area contributed by atoms with Gasteiger partial charge in [0.1, 0.15) is 6.04 Å². The standard InChI is InChI=1S/C18H22N4O4/c1-2-11-26-16(23)7-9-20-18(25)21-15-8-10-22(17(15)24)14-5-3-13(12-19)4-6-14/h3-6,15H,2,7-11H2,1H3,(H2,20,21,25)/t15-/m0/s1. The predicted octanol–water partition coefficient (Wildman–Crippen LogP) is 1.31. The minimum Gasteiger partial charge on any atom is -0.466 e. The Morgan fingerprint density at radius 1 is 1.35 bits per heavy atom. The summed E-state index contributed by atoms with van der Waals surface area (Å²) in [6, 6.07) is 7.63. The van der Waals surface area contributed by atoms with E-state index in [0.717, 1.165) is 6.42 Å². The number of hydrogen-bond donors (Lipinski definition) is 2. The molecule has 0 aromatic heterocycles. The molecule has 2 rings (SSSR count). The maximum atomic E-state index is 12.4. The normalized spacial score (nSPS) is 16.1. The van der Waals surface area contributed by atoms with Crippen LogP contribution in [0.15, 0.2) is 24.3 Å². The molecule has 0 aliphatic carbocycles. The molecule has 1 aromatic rings. The first-order chi connectivity index (χ1) is 12.5. The highest BCUT2D eigenvalue weighted by molar-refractivity contribution is 6.01. The zero-order valence-corrected chi connectivity index (χ0v) is 14.7. The van der Waals surface area contributed by atoms with Crippen LogP contribution in [0.2, 0.25) is 0 Å². The van der Waals surface area contributed by atoms with Gasteiger partial charge in [0, 0.05) is 18.8 Å². The average molecular weight is 358 g/mol. The molecule has 0 bridgehead atoms. The highest BCUT2D eigenvalue weighted by Gasteiger charge is 2.33. The molecule has 1 aliphatic rings. The summed E-state index contributed by atoms with van der Waals surface area (Å²) in [5.74, 6) is -0.566. The summed E-state index contributed by atoms with van der Waals surface area (Å²) in [4.78, 5) is 37.3. The van der Waals surface area contributed by atoms with E-state index < -0.39 is 12.1 Å². The number of carbonyl (C=O) groups is 3. The van der Waals surface area contributed by atoms with Crippen molar-refractivity contribution in [2.45, 2.75) is 32.2 Å². The number of urea groups is 1. The number of carbonyl (C=O) groups excluding carboxylic acids is 3. The molecule has 8 nitrogen and oxygen atoms in total. The smallest absolute Gasteiger partial charge is 0.315 e. The highest BCUT2D eigenvalue weighted by Crippen LogP contribution is 2.21. The van der Waals surface area contributed by atoms with Crippen LogP contribution in [0.3, 0.4) is 0 Å². The third-order valence-corrected chi connectivity index (χ3v) is 3.90. The summed E-state index contributed by atoms with van der Waals surface area (Å²) in [7, 11) is 0. The Kier molecular flexibility index (Phi) is 6.97. The van der Waals surface area contributed by atoms with Gasteiger partial charge in [-0.1, -0.05) is 6.92 Å². The fraction of sp³-hybridized carbons (Fsp3) is 0.444. The van der Waals surface area contributed by atoms with Crippen LogP contribution in [0.25, 0.3) is 0 Å². The van der Waals surface area contributed by atoms with Crippen molar-refractivity contribution in [1.82, 2.24) is 10.6 Å². The van der Waals surface area contributed by atoms with Crippen LogP contribution in [0, 0.1) is 11.3 Å². The summed E-state index contributed by atoms with van der Waals surface area (Å²) in [6.45, 7) is 2.90. The van der Waals surface area contributed by atoms with Crippen LogP contribution >= 0.6 is 0 Å². The number of hydrogen-bond acceptors (Lipinski definition) is 5. The molecule has 0 unspecified atom stereocenters. The molecule has 0 saturated carbocycles. The molecule has 8 heteroatoms. The van der Waals surface area contributed by atoms with E-state index >= 15 is 0 Å². The van der Waals surface area contributed by atoms with Crippen LogP contribution in [-0.2, 0) is 14.3 Å². The summed E-state index contributed by atoms with van der Waals surface area (Å²) < 4.78 is 4.91. The molecule has 1 fully saturated rings. The summed E-state index contributed by atoms with van der Waals surface area (Å²) in [6.07, 6.45) is 1.33. The van der Waals surface area contributed by atoms with E-state index in [-0.39, 0.29) is 24.8 Å². The molecule has 2 N–H and O–H groups in total. The monoisotopic (exact) mass is 358 g/mol. The van der Waals surface area contributed by atoms with Gasteiger partial charge in [0.15, 0.2) is 0 Å². The van der Waals surface area contributed by atoms with Gasteiger partial charge in [-0.2, -0.15) is 5.26 Å². The maximum Gasteiger partial charge on any atom is 0.315 e. The second-order valence-electron chi connectivity index (χ2n) is 5.86. The lowest BCUT2D eigenvalue weighted by molar-refractivity contribution is -0.143. The van der Waals surface area contributed by atoms with Crippen molar-refractivity contribution in [2.24, 2.45) is 0 Å². The van der Waals surface area contributed by atoms with Crippen molar-refractivity contribution < 1.29 is 19.1 Å². The molecule has 0 spiro atoms. The van der Waals surface area contributed by atoms with E-state index in [4.69, 9.17) is 10.00 Å². The number of ether oxygens (including phenoxy) is 1. The Morgan fingerprint density at radius 3 is 2.73 bits per heavy atom. The first-order valence-corrected chi connectivity index (χ1v) is 8.56. The average Bonchev–Trinajstić information content (AvgIpc) is 3.00. The van der Waals surface area contributed by atoms with Gasteiger partial charge < -0.3 is 20.3 Å². The fourth-order valence-electron chi connectivity index (χ4n) is 2.56. The van der Waals surface area contributed by atoms with Gasteiger partial charge in [0.05, 0.1) is 24.7 Å². The number of amides is 3. The summed E-state index contributed by atoms with van der Waals surface area (Å²) >= 11 is 0. The first kappa shape index (κ1) is 19.2. The van der Waals surface area contributed by atoms with Crippen LogP contribution in [-0.4, -0.2) is 43.6 Å². The van der Waals surface area contributed by atoms with E-state index in [0.29, 0.717) is 30.8 Å².